The van der Waals surface area contributed by atoms with Gasteiger partial charge in [0.25, 0.3) is 0 Å². The lowest BCUT2D eigenvalue weighted by molar-refractivity contribution is -0.137. The molecule has 2 fully saturated rings. The number of halogens is 1. The maximum atomic E-state index is 13.7. The Balaban J connectivity index is 0.000000576. The number of benzene rings is 1. The largest absolute Gasteiger partial charge is 0.506 e. The summed E-state index contributed by atoms with van der Waals surface area (Å²) in [5.74, 6) is -1.48. The third-order valence-electron chi connectivity index (χ3n) is 4.15. The van der Waals surface area contributed by atoms with Crippen molar-refractivity contribution in [2.75, 3.05) is 13.7 Å². The number of ether oxygens (including phenoxy) is 2. The molecule has 1 aromatic rings. The Labute approximate surface area is 158 Å². The summed E-state index contributed by atoms with van der Waals surface area (Å²) in [4.78, 5) is 16.3. The zero-order valence-electron chi connectivity index (χ0n) is 16.0. The summed E-state index contributed by atoms with van der Waals surface area (Å²) in [5.41, 5.74) is 5.87. The minimum absolute atomic E-state index is 0.0244. The summed E-state index contributed by atoms with van der Waals surface area (Å²) < 4.78 is 23.7. The first-order valence-corrected chi connectivity index (χ1v) is 9.11. The summed E-state index contributed by atoms with van der Waals surface area (Å²) >= 11 is 0. The molecule has 2 aliphatic carbocycles. The second-order valence-corrected chi connectivity index (χ2v) is 6.58. The van der Waals surface area contributed by atoms with Gasteiger partial charge < -0.3 is 20.3 Å². The van der Waals surface area contributed by atoms with Crippen molar-refractivity contribution in [2.24, 2.45) is 10.7 Å². The Morgan fingerprint density at radius 1 is 1.37 bits per heavy atom. The van der Waals surface area contributed by atoms with Crippen LogP contribution in [0.4, 0.5) is 4.39 Å². The third-order valence-corrected chi connectivity index (χ3v) is 4.15. The molecule has 27 heavy (non-hydrogen) atoms. The number of carbonyl (C=O) groups excluding carboxylic acids is 1. The lowest BCUT2D eigenvalue weighted by Gasteiger charge is -2.12. The van der Waals surface area contributed by atoms with Crippen LogP contribution in [0.1, 0.15) is 43.7 Å². The normalized spacial score (nSPS) is 17.1. The number of hydrogen-bond donors (Lipinski definition) is 2. The van der Waals surface area contributed by atoms with Gasteiger partial charge in [-0.05, 0) is 51.7 Å². The lowest BCUT2D eigenvalue weighted by atomic mass is 10.0. The number of carbonyl (C=O) groups is 1. The van der Waals surface area contributed by atoms with E-state index in [1.54, 1.807) is 13.8 Å². The highest BCUT2D eigenvalue weighted by Gasteiger charge is 2.23. The van der Waals surface area contributed by atoms with Crippen molar-refractivity contribution in [3.05, 3.63) is 34.6 Å². The van der Waals surface area contributed by atoms with E-state index in [-0.39, 0.29) is 29.7 Å². The van der Waals surface area contributed by atoms with Gasteiger partial charge in [0.1, 0.15) is 11.3 Å². The van der Waals surface area contributed by atoms with E-state index in [2.05, 4.69) is 4.99 Å². The molecule has 0 amide bonds. The second kappa shape index (κ2) is 9.50. The molecule has 0 unspecified atom stereocenters. The molecular weight excluding hydrogens is 351 g/mol. The zero-order chi connectivity index (χ0) is 20.0. The monoisotopic (exact) mass is 378 g/mol. The maximum Gasteiger partial charge on any atom is 0.343 e. The topological polar surface area (TPSA) is 94.1 Å². The first kappa shape index (κ1) is 20.9. The molecule has 0 atom stereocenters. The predicted octanol–water partition coefficient (Wildman–Crippen LogP) is 3.32. The number of aliphatic hydroxyl groups is 1. The number of methoxy groups -OCH3 is 1. The average molecular weight is 378 g/mol. The number of esters is 1. The quantitative estimate of drug-likeness (QED) is 0.343. The van der Waals surface area contributed by atoms with Crippen molar-refractivity contribution in [1.29, 1.82) is 0 Å². The van der Waals surface area contributed by atoms with Crippen LogP contribution in [-0.2, 0) is 9.53 Å². The highest BCUT2D eigenvalue weighted by Crippen LogP contribution is 2.30. The standard InChI is InChI=1S/C17H20FNO4.C3H7N/c1-4-23-17(21)13(9-19-11-5-6-11)15(20)12-7-8-14(18)16(22-3)10(12)2;4-3-1-2-3/h7-9,11,20H,4-6H2,1-3H3;3H,1-2,4H2. The number of aliphatic imine (C=N–C) groups is 1. The molecule has 2 aliphatic rings. The third kappa shape index (κ3) is 6.06. The van der Waals surface area contributed by atoms with Gasteiger partial charge in [-0.25, -0.2) is 9.18 Å². The molecule has 1 aromatic carbocycles. The molecule has 0 bridgehead atoms. The Morgan fingerprint density at radius 3 is 2.48 bits per heavy atom. The summed E-state index contributed by atoms with van der Waals surface area (Å²) in [6.45, 7) is 3.46. The van der Waals surface area contributed by atoms with Crippen LogP contribution in [0.3, 0.4) is 0 Å². The minimum atomic E-state index is -0.669. The molecule has 6 nitrogen and oxygen atoms in total. The van der Waals surface area contributed by atoms with Gasteiger partial charge in [-0.3, -0.25) is 4.99 Å². The highest BCUT2D eigenvalue weighted by molar-refractivity contribution is 6.15. The number of nitrogens with two attached hydrogens (primary N) is 1. The predicted molar refractivity (Wildman–Crippen MR) is 103 cm³/mol. The smallest absolute Gasteiger partial charge is 0.343 e. The van der Waals surface area contributed by atoms with Gasteiger partial charge in [-0.1, -0.05) is 0 Å². The molecule has 0 heterocycles. The van der Waals surface area contributed by atoms with Crippen LogP contribution < -0.4 is 10.5 Å². The van der Waals surface area contributed by atoms with E-state index in [0.29, 0.717) is 17.2 Å². The minimum Gasteiger partial charge on any atom is -0.506 e. The molecule has 0 aliphatic heterocycles. The van der Waals surface area contributed by atoms with Crippen LogP contribution in [0, 0.1) is 12.7 Å². The maximum absolute atomic E-state index is 13.7. The van der Waals surface area contributed by atoms with Gasteiger partial charge in [0.15, 0.2) is 11.6 Å². The van der Waals surface area contributed by atoms with E-state index in [1.165, 1.54) is 38.3 Å². The van der Waals surface area contributed by atoms with Crippen LogP contribution in [-0.4, -0.2) is 43.1 Å². The number of hydrogen-bond acceptors (Lipinski definition) is 6. The van der Waals surface area contributed by atoms with Gasteiger partial charge in [0.2, 0.25) is 0 Å². The van der Waals surface area contributed by atoms with E-state index in [9.17, 15) is 14.3 Å². The molecule has 7 heteroatoms. The van der Waals surface area contributed by atoms with Crippen LogP contribution >= 0.6 is 0 Å². The Bertz CT molecular complexity index is 738. The van der Waals surface area contributed by atoms with Gasteiger partial charge in [0, 0.05) is 23.4 Å². The SMILES string of the molecule is CCOC(=O)C(C=NC1CC1)=C(O)c1ccc(F)c(OC)c1C.NC1CC1. The molecule has 148 valence electrons. The highest BCUT2D eigenvalue weighted by atomic mass is 19.1. The van der Waals surface area contributed by atoms with E-state index in [1.807, 2.05) is 0 Å². The Morgan fingerprint density at radius 2 is 2.00 bits per heavy atom. The fourth-order valence-corrected chi connectivity index (χ4v) is 2.23. The molecule has 0 aromatic heterocycles. The molecule has 0 saturated heterocycles. The van der Waals surface area contributed by atoms with Crippen molar-refractivity contribution in [2.45, 2.75) is 51.6 Å². The van der Waals surface area contributed by atoms with E-state index in [4.69, 9.17) is 15.2 Å². The fraction of sp³-hybridized carbons (Fsp3) is 0.500. The van der Waals surface area contributed by atoms with Crippen molar-refractivity contribution >= 4 is 17.9 Å². The van der Waals surface area contributed by atoms with E-state index >= 15 is 0 Å². The molecule has 0 spiro atoms. The van der Waals surface area contributed by atoms with Gasteiger partial charge >= 0.3 is 5.97 Å². The molecule has 0 radical (unpaired) electrons. The first-order chi connectivity index (χ1) is 12.9. The summed E-state index contributed by atoms with van der Waals surface area (Å²) in [6, 6.07) is 3.35. The van der Waals surface area contributed by atoms with Crippen molar-refractivity contribution in [3.63, 3.8) is 0 Å². The van der Waals surface area contributed by atoms with Gasteiger partial charge in [0.05, 0.1) is 19.8 Å². The Hall–Kier alpha value is -2.41. The second-order valence-electron chi connectivity index (χ2n) is 6.58. The van der Waals surface area contributed by atoms with Crippen LogP contribution in [0.5, 0.6) is 5.75 Å². The fourth-order valence-electron chi connectivity index (χ4n) is 2.23. The first-order valence-electron chi connectivity index (χ1n) is 9.11. The lowest BCUT2D eigenvalue weighted by Crippen LogP contribution is -2.12. The molecule has 3 N–H and O–H groups in total. The van der Waals surface area contributed by atoms with Crippen molar-refractivity contribution in [1.82, 2.24) is 0 Å². The Kier molecular flexibility index (Phi) is 7.36. The molecular formula is C20H27FN2O4. The van der Waals surface area contributed by atoms with Crippen LogP contribution in [0.15, 0.2) is 22.7 Å². The molecule has 3 rings (SSSR count). The van der Waals surface area contributed by atoms with Gasteiger partial charge in [-0.15, -0.1) is 0 Å². The van der Waals surface area contributed by atoms with Crippen LogP contribution in [0.2, 0.25) is 0 Å². The number of rotatable bonds is 6. The zero-order valence-corrected chi connectivity index (χ0v) is 16.0. The van der Waals surface area contributed by atoms with E-state index in [0.717, 1.165) is 12.8 Å². The van der Waals surface area contributed by atoms with Crippen molar-refractivity contribution in [3.8, 4) is 5.75 Å². The van der Waals surface area contributed by atoms with Crippen LogP contribution in [0.25, 0.3) is 5.76 Å². The van der Waals surface area contributed by atoms with Gasteiger partial charge in [-0.2, -0.15) is 0 Å². The number of aliphatic hydroxyl groups excluding tert-OH is 1. The van der Waals surface area contributed by atoms with Crippen molar-refractivity contribution < 1.29 is 23.8 Å². The average Bonchev–Trinajstić information content (AvgIpc) is 3.54. The summed E-state index contributed by atoms with van der Waals surface area (Å²) in [6.07, 6.45) is 5.80. The summed E-state index contributed by atoms with van der Waals surface area (Å²) in [5, 5.41) is 10.5. The molecule has 2 saturated carbocycles. The number of nitrogens with zero attached hydrogens (tertiary/aromatic N) is 1. The van der Waals surface area contributed by atoms with E-state index < -0.39 is 11.8 Å². The summed E-state index contributed by atoms with van der Waals surface area (Å²) in [7, 11) is 1.34.